The minimum Gasteiger partial charge on any atom is -0.497 e. The predicted molar refractivity (Wildman–Crippen MR) is 84.7 cm³/mol. The molecule has 0 N–H and O–H groups in total. The molecule has 0 saturated heterocycles. The van der Waals surface area contributed by atoms with Crippen LogP contribution in [0.1, 0.15) is 5.56 Å². The first-order chi connectivity index (χ1) is 11.0. The van der Waals surface area contributed by atoms with E-state index in [2.05, 4.69) is 0 Å². The third-order valence-electron chi connectivity index (χ3n) is 3.47. The van der Waals surface area contributed by atoms with Crippen LogP contribution in [0.5, 0.6) is 5.75 Å². The van der Waals surface area contributed by atoms with E-state index >= 15 is 0 Å². The number of rotatable bonds is 3. The van der Waals surface area contributed by atoms with Crippen molar-refractivity contribution in [2.75, 3.05) is 12.0 Å². The molecule has 1 heterocycles. The molecule has 0 atom stereocenters. The summed E-state index contributed by atoms with van der Waals surface area (Å²) < 4.78 is 18.1. The lowest BCUT2D eigenvalue weighted by molar-refractivity contribution is -0.119. The topological polar surface area (TPSA) is 46.6 Å². The lowest BCUT2D eigenvalue weighted by Gasteiger charge is -2.15. The molecule has 4 nitrogen and oxygen atoms in total. The van der Waals surface area contributed by atoms with Crippen molar-refractivity contribution >= 4 is 34.7 Å². The molecule has 0 radical (unpaired) electrons. The van der Waals surface area contributed by atoms with Crippen LogP contribution in [-0.4, -0.2) is 18.9 Å². The van der Waals surface area contributed by atoms with E-state index in [0.29, 0.717) is 17.0 Å². The fourth-order valence-electron chi connectivity index (χ4n) is 2.35. The lowest BCUT2D eigenvalue weighted by atomic mass is 10.1. The highest BCUT2D eigenvalue weighted by Crippen LogP contribution is 2.35. The second kappa shape index (κ2) is 5.85. The number of carbonyl (C=O) groups excluding carboxylic acids is 2. The van der Waals surface area contributed by atoms with Crippen LogP contribution < -0.4 is 9.64 Å². The van der Waals surface area contributed by atoms with Crippen LogP contribution in [0.2, 0.25) is 0 Å². The minimum atomic E-state index is -0.621. The molecule has 2 aromatic rings. The molecule has 3 rings (SSSR count). The molecule has 2 aromatic carbocycles. The summed E-state index contributed by atoms with van der Waals surface area (Å²) in [4.78, 5) is 26.0. The van der Waals surface area contributed by atoms with E-state index in [1.807, 2.05) is 0 Å². The molecule has 6 heteroatoms. The Balaban J connectivity index is 2.03. The molecular formula is C17H11ClFNO3. The summed E-state index contributed by atoms with van der Waals surface area (Å²) in [6.45, 7) is 0. The molecule has 0 fully saturated rings. The van der Waals surface area contributed by atoms with E-state index in [1.54, 1.807) is 24.3 Å². The van der Waals surface area contributed by atoms with Gasteiger partial charge in [0.2, 0.25) is 0 Å². The van der Waals surface area contributed by atoms with Gasteiger partial charge in [0.15, 0.2) is 0 Å². The highest BCUT2D eigenvalue weighted by Gasteiger charge is 2.39. The highest BCUT2D eigenvalue weighted by molar-refractivity contribution is 6.60. The van der Waals surface area contributed by atoms with Crippen molar-refractivity contribution in [1.29, 1.82) is 0 Å². The van der Waals surface area contributed by atoms with Gasteiger partial charge in [0.25, 0.3) is 11.8 Å². The van der Waals surface area contributed by atoms with Gasteiger partial charge in [-0.2, -0.15) is 0 Å². The van der Waals surface area contributed by atoms with Crippen molar-refractivity contribution in [1.82, 2.24) is 0 Å². The normalized spacial score (nSPS) is 14.7. The number of amides is 2. The molecule has 1 aliphatic heterocycles. The number of hydrogen-bond donors (Lipinski definition) is 0. The molecule has 0 saturated carbocycles. The van der Waals surface area contributed by atoms with Gasteiger partial charge in [0.05, 0.1) is 18.4 Å². The van der Waals surface area contributed by atoms with Gasteiger partial charge < -0.3 is 4.74 Å². The summed E-state index contributed by atoms with van der Waals surface area (Å²) in [6.07, 6.45) is 0. The van der Waals surface area contributed by atoms with Crippen LogP contribution in [0.3, 0.4) is 0 Å². The van der Waals surface area contributed by atoms with Gasteiger partial charge in [-0.05, 0) is 29.8 Å². The molecule has 1 aliphatic rings. The zero-order valence-corrected chi connectivity index (χ0v) is 12.8. The van der Waals surface area contributed by atoms with E-state index in [-0.39, 0.29) is 10.6 Å². The third kappa shape index (κ3) is 2.59. The number of imide groups is 1. The van der Waals surface area contributed by atoms with Crippen molar-refractivity contribution in [2.24, 2.45) is 0 Å². The summed E-state index contributed by atoms with van der Waals surface area (Å²) in [5.74, 6) is -1.11. The van der Waals surface area contributed by atoms with Gasteiger partial charge in [-0.15, -0.1) is 0 Å². The number of hydrogen-bond acceptors (Lipinski definition) is 3. The van der Waals surface area contributed by atoms with Crippen LogP contribution in [-0.2, 0) is 9.59 Å². The highest BCUT2D eigenvalue weighted by atomic mass is 35.5. The fraction of sp³-hybridized carbons (Fsp3) is 0.0588. The first-order valence-corrected chi connectivity index (χ1v) is 7.09. The van der Waals surface area contributed by atoms with Crippen LogP contribution in [0.4, 0.5) is 10.1 Å². The van der Waals surface area contributed by atoms with Crippen LogP contribution >= 0.6 is 11.6 Å². The van der Waals surface area contributed by atoms with Crippen molar-refractivity contribution in [3.05, 3.63) is 64.9 Å². The average molecular weight is 332 g/mol. The third-order valence-corrected chi connectivity index (χ3v) is 3.82. The van der Waals surface area contributed by atoms with E-state index in [0.717, 1.165) is 4.90 Å². The second-order valence-electron chi connectivity index (χ2n) is 4.84. The molecule has 2 amide bonds. The standard InChI is InChI=1S/C17H11ClFNO3/c1-23-13-4-2-3-12(9-13)20-16(21)14(15(18)17(20)22)10-5-7-11(19)8-6-10/h2-9H,1H3. The molecule has 0 spiro atoms. The number of halogens is 2. The van der Waals surface area contributed by atoms with Crippen molar-refractivity contribution in [2.45, 2.75) is 0 Å². The van der Waals surface area contributed by atoms with Crippen LogP contribution in [0, 0.1) is 5.82 Å². The number of carbonyl (C=O) groups is 2. The van der Waals surface area contributed by atoms with Crippen molar-refractivity contribution in [3.63, 3.8) is 0 Å². The van der Waals surface area contributed by atoms with Gasteiger partial charge in [-0.25, -0.2) is 9.29 Å². The van der Waals surface area contributed by atoms with Gasteiger partial charge in [0.1, 0.15) is 16.6 Å². The Morgan fingerprint density at radius 1 is 1.04 bits per heavy atom. The number of ether oxygens (including phenoxy) is 1. The minimum absolute atomic E-state index is 0.0551. The maximum atomic E-state index is 13.0. The average Bonchev–Trinajstić information content (AvgIpc) is 2.78. The second-order valence-corrected chi connectivity index (χ2v) is 5.22. The van der Waals surface area contributed by atoms with Gasteiger partial charge >= 0.3 is 0 Å². The Hall–Kier alpha value is -2.66. The molecule has 116 valence electrons. The van der Waals surface area contributed by atoms with Crippen molar-refractivity contribution in [3.8, 4) is 5.75 Å². The van der Waals surface area contributed by atoms with E-state index < -0.39 is 17.6 Å². The SMILES string of the molecule is COc1cccc(N2C(=O)C(Cl)=C(c3ccc(F)cc3)C2=O)c1. The summed E-state index contributed by atoms with van der Waals surface area (Å²) in [7, 11) is 1.49. The number of benzene rings is 2. The summed E-state index contributed by atoms with van der Waals surface area (Å²) in [5, 5.41) is -0.190. The predicted octanol–water partition coefficient (Wildman–Crippen LogP) is 3.36. The number of methoxy groups -OCH3 is 1. The zero-order valence-electron chi connectivity index (χ0n) is 12.0. The monoisotopic (exact) mass is 331 g/mol. The molecule has 0 unspecified atom stereocenters. The van der Waals surface area contributed by atoms with Crippen molar-refractivity contribution < 1.29 is 18.7 Å². The number of anilines is 1. The largest absolute Gasteiger partial charge is 0.497 e. The Kier molecular flexibility index (Phi) is 3.88. The Morgan fingerprint density at radius 2 is 1.74 bits per heavy atom. The quantitative estimate of drug-likeness (QED) is 0.810. The Morgan fingerprint density at radius 3 is 2.39 bits per heavy atom. The molecular weight excluding hydrogens is 321 g/mol. The van der Waals surface area contributed by atoms with Gasteiger partial charge in [-0.3, -0.25) is 9.59 Å². The molecule has 23 heavy (non-hydrogen) atoms. The Labute approximate surface area is 136 Å². The first-order valence-electron chi connectivity index (χ1n) is 6.71. The molecule has 0 bridgehead atoms. The summed E-state index contributed by atoms with van der Waals surface area (Å²) in [5.41, 5.74) is 0.800. The Bertz CT molecular complexity index is 830. The molecule has 0 aliphatic carbocycles. The van der Waals surface area contributed by atoms with E-state index in [1.165, 1.54) is 31.4 Å². The maximum absolute atomic E-state index is 13.0. The molecule has 0 aromatic heterocycles. The summed E-state index contributed by atoms with van der Waals surface area (Å²) in [6, 6.07) is 11.8. The lowest BCUT2D eigenvalue weighted by Crippen LogP contribution is -2.31. The van der Waals surface area contributed by atoms with Gasteiger partial charge in [-0.1, -0.05) is 29.8 Å². The smallest absolute Gasteiger partial charge is 0.277 e. The van der Waals surface area contributed by atoms with Crippen LogP contribution in [0.25, 0.3) is 5.57 Å². The van der Waals surface area contributed by atoms with Crippen LogP contribution in [0.15, 0.2) is 53.6 Å². The maximum Gasteiger partial charge on any atom is 0.277 e. The zero-order chi connectivity index (χ0) is 16.6. The number of nitrogens with zero attached hydrogens (tertiary/aromatic N) is 1. The fourth-order valence-corrected chi connectivity index (χ4v) is 2.63. The first kappa shape index (κ1) is 15.2. The van der Waals surface area contributed by atoms with Gasteiger partial charge in [0, 0.05) is 6.07 Å². The summed E-state index contributed by atoms with van der Waals surface area (Å²) >= 11 is 6.06. The van der Waals surface area contributed by atoms with E-state index in [4.69, 9.17) is 16.3 Å². The van der Waals surface area contributed by atoms with E-state index in [9.17, 15) is 14.0 Å².